The summed E-state index contributed by atoms with van der Waals surface area (Å²) in [6, 6.07) is 6.61. The predicted molar refractivity (Wildman–Crippen MR) is 95.2 cm³/mol. The topological polar surface area (TPSA) is 62.3 Å². The van der Waals surface area contributed by atoms with Crippen molar-refractivity contribution in [3.63, 3.8) is 0 Å². The number of pyridine rings is 1. The average Bonchev–Trinajstić information content (AvgIpc) is 2.61. The zero-order valence-corrected chi connectivity index (χ0v) is 15.1. The Balaban J connectivity index is 2.08. The first kappa shape index (κ1) is 20.7. The third kappa shape index (κ3) is 5.96. The van der Waals surface area contributed by atoms with Crippen molar-refractivity contribution in [3.8, 4) is 0 Å². The van der Waals surface area contributed by atoms with Crippen molar-refractivity contribution < 1.29 is 22.8 Å². The molecule has 0 saturated heterocycles. The van der Waals surface area contributed by atoms with Gasteiger partial charge in [0, 0.05) is 43.9 Å². The summed E-state index contributed by atoms with van der Waals surface area (Å²) in [7, 11) is 0. The van der Waals surface area contributed by atoms with E-state index in [-0.39, 0.29) is 36.1 Å². The number of halogens is 4. The Bertz CT molecular complexity index is 813. The molecule has 0 bridgehead atoms. The van der Waals surface area contributed by atoms with E-state index in [1.54, 1.807) is 24.5 Å². The maximum absolute atomic E-state index is 13.3. The first-order chi connectivity index (χ1) is 12.7. The molecule has 5 nitrogen and oxygen atoms in total. The Morgan fingerprint density at radius 1 is 1.19 bits per heavy atom. The third-order valence-electron chi connectivity index (χ3n) is 3.74. The smallest absolute Gasteiger partial charge is 0.352 e. The number of amides is 2. The van der Waals surface area contributed by atoms with Crippen molar-refractivity contribution in [2.45, 2.75) is 26.1 Å². The molecule has 144 valence electrons. The van der Waals surface area contributed by atoms with E-state index in [0.717, 1.165) is 29.5 Å². The maximum Gasteiger partial charge on any atom is 0.418 e. The molecule has 0 radical (unpaired) electrons. The number of carbonyl (C=O) groups excluding carboxylic acids is 2. The summed E-state index contributed by atoms with van der Waals surface area (Å²) in [5.74, 6) is -0.995. The Labute approximate surface area is 159 Å². The molecule has 0 saturated carbocycles. The molecule has 0 aliphatic carbocycles. The molecule has 0 fully saturated rings. The number of rotatable bonds is 6. The molecule has 0 aliphatic heterocycles. The predicted octanol–water partition coefficient (Wildman–Crippen LogP) is 3.81. The van der Waals surface area contributed by atoms with Gasteiger partial charge in [-0.3, -0.25) is 14.6 Å². The number of anilines is 1. The Morgan fingerprint density at radius 3 is 2.44 bits per heavy atom. The highest BCUT2D eigenvalue weighted by atomic mass is 35.5. The van der Waals surface area contributed by atoms with E-state index in [1.807, 2.05) is 0 Å². The van der Waals surface area contributed by atoms with E-state index >= 15 is 0 Å². The molecule has 2 rings (SSSR count). The maximum atomic E-state index is 13.3. The number of hydrogen-bond acceptors (Lipinski definition) is 3. The van der Waals surface area contributed by atoms with Gasteiger partial charge in [0.1, 0.15) is 0 Å². The Kier molecular flexibility index (Phi) is 6.79. The van der Waals surface area contributed by atoms with Crippen molar-refractivity contribution in [3.05, 3.63) is 58.9 Å². The SMILES string of the molecule is CC(=O)N(CCC(=O)NCc1ccncc1)c1ccc(Cl)cc1C(F)(F)F. The third-order valence-corrected chi connectivity index (χ3v) is 3.97. The summed E-state index contributed by atoms with van der Waals surface area (Å²) in [6.07, 6.45) is -1.67. The van der Waals surface area contributed by atoms with Crippen LogP contribution in [0.3, 0.4) is 0 Å². The quantitative estimate of drug-likeness (QED) is 0.803. The summed E-state index contributed by atoms with van der Waals surface area (Å²) in [4.78, 5) is 28.7. The van der Waals surface area contributed by atoms with Gasteiger partial charge in [-0.1, -0.05) is 11.6 Å². The lowest BCUT2D eigenvalue weighted by molar-refractivity contribution is -0.137. The molecule has 0 aliphatic rings. The molecule has 0 atom stereocenters. The van der Waals surface area contributed by atoms with E-state index in [9.17, 15) is 22.8 Å². The minimum absolute atomic E-state index is 0.0929. The Morgan fingerprint density at radius 2 is 1.85 bits per heavy atom. The molecule has 1 aromatic heterocycles. The highest BCUT2D eigenvalue weighted by molar-refractivity contribution is 6.30. The molecule has 9 heteroatoms. The van der Waals surface area contributed by atoms with Crippen molar-refractivity contribution >= 4 is 29.1 Å². The van der Waals surface area contributed by atoms with Crippen molar-refractivity contribution in [2.75, 3.05) is 11.4 Å². The highest BCUT2D eigenvalue weighted by Crippen LogP contribution is 2.38. The average molecular weight is 400 g/mol. The van der Waals surface area contributed by atoms with Crippen LogP contribution in [0.2, 0.25) is 5.02 Å². The van der Waals surface area contributed by atoms with Crippen molar-refractivity contribution in [2.24, 2.45) is 0 Å². The molecule has 2 aromatic rings. The van der Waals surface area contributed by atoms with Crippen LogP contribution in [-0.4, -0.2) is 23.3 Å². The largest absolute Gasteiger partial charge is 0.418 e. The van der Waals surface area contributed by atoms with Crippen LogP contribution < -0.4 is 10.2 Å². The zero-order valence-electron chi connectivity index (χ0n) is 14.4. The number of hydrogen-bond donors (Lipinski definition) is 1. The molecule has 2 amide bonds. The van der Waals surface area contributed by atoms with Crippen molar-refractivity contribution in [1.29, 1.82) is 0 Å². The van der Waals surface area contributed by atoms with E-state index in [1.165, 1.54) is 6.07 Å². The minimum atomic E-state index is -4.68. The second-order valence-electron chi connectivity index (χ2n) is 5.71. The van der Waals surface area contributed by atoms with Crippen LogP contribution in [0.5, 0.6) is 0 Å². The van der Waals surface area contributed by atoms with E-state index in [0.29, 0.717) is 0 Å². The number of carbonyl (C=O) groups is 2. The van der Waals surface area contributed by atoms with Crippen LogP contribution in [0.1, 0.15) is 24.5 Å². The van der Waals surface area contributed by atoms with Gasteiger partial charge in [0.05, 0.1) is 11.3 Å². The van der Waals surface area contributed by atoms with E-state index < -0.39 is 17.6 Å². The van der Waals surface area contributed by atoms with Gasteiger partial charge in [-0.25, -0.2) is 0 Å². The fourth-order valence-electron chi connectivity index (χ4n) is 2.42. The standard InChI is InChI=1S/C18H17ClF3N3O2/c1-12(26)25(16-3-2-14(19)10-15(16)18(20,21)22)9-6-17(27)24-11-13-4-7-23-8-5-13/h2-5,7-8,10H,6,9,11H2,1H3,(H,24,27). The van der Waals surface area contributed by atoms with Gasteiger partial charge >= 0.3 is 6.18 Å². The van der Waals surface area contributed by atoms with Crippen LogP contribution in [0.25, 0.3) is 0 Å². The molecule has 0 spiro atoms. The molecule has 1 aromatic carbocycles. The van der Waals surface area contributed by atoms with Gasteiger partial charge in [-0.15, -0.1) is 0 Å². The normalized spacial score (nSPS) is 11.1. The monoisotopic (exact) mass is 399 g/mol. The first-order valence-electron chi connectivity index (χ1n) is 7.99. The molecular weight excluding hydrogens is 383 g/mol. The zero-order chi connectivity index (χ0) is 20.0. The van der Waals surface area contributed by atoms with Crippen LogP contribution in [0.4, 0.5) is 18.9 Å². The van der Waals surface area contributed by atoms with Gasteiger partial charge in [-0.2, -0.15) is 13.2 Å². The second kappa shape index (κ2) is 8.85. The van der Waals surface area contributed by atoms with Crippen molar-refractivity contribution in [1.82, 2.24) is 10.3 Å². The number of benzene rings is 1. The fourth-order valence-corrected chi connectivity index (χ4v) is 2.59. The van der Waals surface area contributed by atoms with Gasteiger partial charge < -0.3 is 10.2 Å². The number of aromatic nitrogens is 1. The summed E-state index contributed by atoms with van der Waals surface area (Å²) >= 11 is 5.66. The van der Waals surface area contributed by atoms with E-state index in [4.69, 9.17) is 11.6 Å². The van der Waals surface area contributed by atoms with Gasteiger partial charge in [0.25, 0.3) is 0 Å². The van der Waals surface area contributed by atoms with E-state index in [2.05, 4.69) is 10.3 Å². The fraction of sp³-hybridized carbons (Fsp3) is 0.278. The van der Waals surface area contributed by atoms with Crippen LogP contribution in [0.15, 0.2) is 42.7 Å². The van der Waals surface area contributed by atoms with Gasteiger partial charge in [-0.05, 0) is 35.9 Å². The summed E-state index contributed by atoms with van der Waals surface area (Å²) in [5, 5.41) is 2.56. The summed E-state index contributed by atoms with van der Waals surface area (Å²) < 4.78 is 39.8. The number of alkyl halides is 3. The van der Waals surface area contributed by atoms with Crippen LogP contribution in [0, 0.1) is 0 Å². The molecule has 0 unspecified atom stereocenters. The van der Waals surface area contributed by atoms with Gasteiger partial charge in [0.15, 0.2) is 0 Å². The lowest BCUT2D eigenvalue weighted by atomic mass is 10.1. The molecule has 27 heavy (non-hydrogen) atoms. The summed E-state index contributed by atoms with van der Waals surface area (Å²) in [5.41, 5.74) is -0.525. The van der Waals surface area contributed by atoms with Crippen LogP contribution >= 0.6 is 11.6 Å². The molecular formula is C18H17ClF3N3O2. The number of nitrogens with one attached hydrogen (secondary N) is 1. The highest BCUT2D eigenvalue weighted by Gasteiger charge is 2.36. The first-order valence-corrected chi connectivity index (χ1v) is 8.36. The number of nitrogens with zero attached hydrogens (tertiary/aromatic N) is 2. The molecule has 1 heterocycles. The Hall–Kier alpha value is -2.61. The van der Waals surface area contributed by atoms with Crippen LogP contribution in [-0.2, 0) is 22.3 Å². The second-order valence-corrected chi connectivity index (χ2v) is 6.15. The lowest BCUT2D eigenvalue weighted by Crippen LogP contribution is -2.35. The lowest BCUT2D eigenvalue weighted by Gasteiger charge is -2.25. The molecule has 1 N–H and O–H groups in total. The summed E-state index contributed by atoms with van der Waals surface area (Å²) in [6.45, 7) is 1.21. The minimum Gasteiger partial charge on any atom is -0.352 e. The van der Waals surface area contributed by atoms with Gasteiger partial charge in [0.2, 0.25) is 11.8 Å².